The Balaban J connectivity index is 1.84. The number of fused-ring (bicyclic) bond motifs is 1. The van der Waals surface area contributed by atoms with Gasteiger partial charge >= 0.3 is 0 Å². The standard InChI is InChI=1S/C17H20N2O/c1-18-16(12-13-6-4-5-10-19-13)14-9-11-20-17-8-3-2-7-15(14)17/h2-8,10,14,16,18H,9,11-12H2,1H3. The van der Waals surface area contributed by atoms with Crippen molar-refractivity contribution in [2.45, 2.75) is 24.8 Å². The highest BCUT2D eigenvalue weighted by molar-refractivity contribution is 5.39. The number of aromatic nitrogens is 1. The van der Waals surface area contributed by atoms with Crippen LogP contribution >= 0.6 is 0 Å². The molecule has 0 radical (unpaired) electrons. The molecule has 3 nitrogen and oxygen atoms in total. The molecule has 104 valence electrons. The molecule has 20 heavy (non-hydrogen) atoms. The fourth-order valence-corrected chi connectivity index (χ4v) is 2.98. The maximum atomic E-state index is 5.76. The molecule has 2 aromatic rings. The van der Waals surface area contributed by atoms with Crippen LogP contribution in [0.5, 0.6) is 5.75 Å². The number of ether oxygens (including phenoxy) is 1. The Morgan fingerprint density at radius 2 is 2.10 bits per heavy atom. The monoisotopic (exact) mass is 268 g/mol. The molecule has 1 aliphatic heterocycles. The van der Waals surface area contributed by atoms with Gasteiger partial charge in [-0.05, 0) is 37.2 Å². The number of pyridine rings is 1. The van der Waals surface area contributed by atoms with E-state index in [0.717, 1.165) is 30.9 Å². The maximum Gasteiger partial charge on any atom is 0.122 e. The van der Waals surface area contributed by atoms with Gasteiger partial charge in [0.05, 0.1) is 6.61 Å². The quantitative estimate of drug-likeness (QED) is 0.926. The van der Waals surface area contributed by atoms with Crippen LogP contribution in [-0.2, 0) is 6.42 Å². The predicted octanol–water partition coefficient (Wildman–Crippen LogP) is 2.78. The summed E-state index contributed by atoms with van der Waals surface area (Å²) >= 11 is 0. The molecule has 0 aliphatic carbocycles. The van der Waals surface area contributed by atoms with E-state index in [0.29, 0.717) is 12.0 Å². The average Bonchev–Trinajstić information content (AvgIpc) is 2.53. The second kappa shape index (κ2) is 6.06. The smallest absolute Gasteiger partial charge is 0.122 e. The Labute approximate surface area is 120 Å². The van der Waals surface area contributed by atoms with Gasteiger partial charge in [-0.1, -0.05) is 24.3 Å². The lowest BCUT2D eigenvalue weighted by atomic mass is 9.84. The highest BCUT2D eigenvalue weighted by atomic mass is 16.5. The van der Waals surface area contributed by atoms with E-state index in [1.165, 1.54) is 5.56 Å². The number of para-hydroxylation sites is 1. The first-order valence-electron chi connectivity index (χ1n) is 7.17. The molecule has 3 heteroatoms. The third-order valence-electron chi connectivity index (χ3n) is 4.02. The van der Waals surface area contributed by atoms with Gasteiger partial charge in [-0.3, -0.25) is 4.98 Å². The largest absolute Gasteiger partial charge is 0.493 e. The molecule has 0 bridgehead atoms. The minimum atomic E-state index is 0.384. The summed E-state index contributed by atoms with van der Waals surface area (Å²) in [4.78, 5) is 4.45. The lowest BCUT2D eigenvalue weighted by Gasteiger charge is -2.32. The van der Waals surface area contributed by atoms with Crippen molar-refractivity contribution in [3.8, 4) is 5.75 Å². The molecule has 2 unspecified atom stereocenters. The first-order chi connectivity index (χ1) is 9.88. The Kier molecular flexibility index (Phi) is 3.97. The zero-order valence-corrected chi connectivity index (χ0v) is 11.8. The van der Waals surface area contributed by atoms with Gasteiger partial charge in [0.1, 0.15) is 5.75 Å². The van der Waals surface area contributed by atoms with Crippen molar-refractivity contribution < 1.29 is 4.74 Å². The molecule has 0 saturated carbocycles. The van der Waals surface area contributed by atoms with Crippen LogP contribution in [0.1, 0.15) is 23.6 Å². The second-order valence-corrected chi connectivity index (χ2v) is 5.20. The molecule has 0 saturated heterocycles. The van der Waals surface area contributed by atoms with E-state index in [2.05, 4.69) is 34.6 Å². The second-order valence-electron chi connectivity index (χ2n) is 5.20. The molecule has 1 aliphatic rings. The molecular weight excluding hydrogens is 248 g/mol. The first kappa shape index (κ1) is 13.1. The highest BCUT2D eigenvalue weighted by Gasteiger charge is 2.28. The van der Waals surface area contributed by atoms with E-state index >= 15 is 0 Å². The number of nitrogens with zero attached hydrogens (tertiary/aromatic N) is 1. The number of hydrogen-bond acceptors (Lipinski definition) is 3. The Hall–Kier alpha value is -1.87. The zero-order chi connectivity index (χ0) is 13.8. The van der Waals surface area contributed by atoms with Gasteiger partial charge in [0.15, 0.2) is 0 Å². The van der Waals surface area contributed by atoms with Crippen molar-refractivity contribution in [2.75, 3.05) is 13.7 Å². The lowest BCUT2D eigenvalue weighted by molar-refractivity contribution is 0.247. The summed E-state index contributed by atoms with van der Waals surface area (Å²) in [5.41, 5.74) is 2.45. The van der Waals surface area contributed by atoms with Crippen molar-refractivity contribution in [3.05, 3.63) is 59.9 Å². The molecule has 1 aromatic heterocycles. The van der Waals surface area contributed by atoms with Gasteiger partial charge in [-0.15, -0.1) is 0 Å². The summed E-state index contributed by atoms with van der Waals surface area (Å²) in [6, 6.07) is 14.9. The van der Waals surface area contributed by atoms with Gasteiger partial charge in [-0.2, -0.15) is 0 Å². The van der Waals surface area contributed by atoms with Crippen LogP contribution in [0.3, 0.4) is 0 Å². The predicted molar refractivity (Wildman–Crippen MR) is 80.1 cm³/mol. The summed E-state index contributed by atoms with van der Waals surface area (Å²) in [6.07, 6.45) is 3.85. The third kappa shape index (κ3) is 2.68. The Bertz CT molecular complexity index is 556. The van der Waals surface area contributed by atoms with Gasteiger partial charge < -0.3 is 10.1 Å². The summed E-state index contributed by atoms with van der Waals surface area (Å²) in [6.45, 7) is 0.794. The van der Waals surface area contributed by atoms with Crippen molar-refractivity contribution in [3.63, 3.8) is 0 Å². The molecule has 1 aromatic carbocycles. The van der Waals surface area contributed by atoms with Crippen LogP contribution in [0.25, 0.3) is 0 Å². The minimum Gasteiger partial charge on any atom is -0.493 e. The zero-order valence-electron chi connectivity index (χ0n) is 11.8. The molecule has 0 amide bonds. The Morgan fingerprint density at radius 3 is 2.90 bits per heavy atom. The third-order valence-corrected chi connectivity index (χ3v) is 4.02. The maximum absolute atomic E-state index is 5.76. The molecule has 0 spiro atoms. The fraction of sp³-hybridized carbons (Fsp3) is 0.353. The normalized spacial score (nSPS) is 18.9. The number of likely N-dealkylation sites (N-methyl/N-ethyl adjacent to an activating group) is 1. The van der Waals surface area contributed by atoms with Crippen molar-refractivity contribution in [1.82, 2.24) is 10.3 Å². The van der Waals surface area contributed by atoms with Crippen LogP contribution in [-0.4, -0.2) is 24.7 Å². The van der Waals surface area contributed by atoms with E-state index in [9.17, 15) is 0 Å². The Morgan fingerprint density at radius 1 is 1.25 bits per heavy atom. The summed E-state index contributed by atoms with van der Waals surface area (Å²) in [7, 11) is 2.03. The van der Waals surface area contributed by atoms with Crippen molar-refractivity contribution >= 4 is 0 Å². The van der Waals surface area contributed by atoms with E-state index < -0.39 is 0 Å². The fourth-order valence-electron chi connectivity index (χ4n) is 2.98. The molecular formula is C17H20N2O. The highest BCUT2D eigenvalue weighted by Crippen LogP contribution is 2.36. The van der Waals surface area contributed by atoms with Crippen LogP contribution < -0.4 is 10.1 Å². The van der Waals surface area contributed by atoms with Crippen molar-refractivity contribution in [1.29, 1.82) is 0 Å². The number of rotatable bonds is 4. The molecule has 2 heterocycles. The summed E-state index contributed by atoms with van der Waals surface area (Å²) < 4.78 is 5.76. The van der Waals surface area contributed by atoms with Gasteiger partial charge in [0.2, 0.25) is 0 Å². The number of hydrogen-bond donors (Lipinski definition) is 1. The summed E-state index contributed by atoms with van der Waals surface area (Å²) in [5.74, 6) is 1.51. The van der Waals surface area contributed by atoms with E-state index in [1.807, 2.05) is 31.4 Å². The van der Waals surface area contributed by atoms with Crippen LogP contribution in [0.4, 0.5) is 0 Å². The number of benzene rings is 1. The SMILES string of the molecule is CNC(Cc1ccccn1)C1CCOc2ccccc21. The van der Waals surface area contributed by atoms with Crippen molar-refractivity contribution in [2.24, 2.45) is 0 Å². The molecule has 3 rings (SSSR count). The number of nitrogens with one attached hydrogen (secondary N) is 1. The first-order valence-corrected chi connectivity index (χ1v) is 7.17. The van der Waals surface area contributed by atoms with Gasteiger partial charge in [0, 0.05) is 30.3 Å². The molecule has 2 atom stereocenters. The lowest BCUT2D eigenvalue weighted by Crippen LogP contribution is -2.37. The average molecular weight is 268 g/mol. The van der Waals surface area contributed by atoms with E-state index in [4.69, 9.17) is 4.74 Å². The van der Waals surface area contributed by atoms with Crippen LogP contribution in [0.15, 0.2) is 48.7 Å². The summed E-state index contributed by atoms with van der Waals surface area (Å²) in [5, 5.41) is 3.47. The molecule has 1 N–H and O–H groups in total. The topological polar surface area (TPSA) is 34.2 Å². The van der Waals surface area contributed by atoms with Crippen LogP contribution in [0.2, 0.25) is 0 Å². The van der Waals surface area contributed by atoms with E-state index in [-0.39, 0.29) is 0 Å². The van der Waals surface area contributed by atoms with Crippen LogP contribution in [0, 0.1) is 0 Å². The van der Waals surface area contributed by atoms with E-state index in [1.54, 1.807) is 0 Å². The van der Waals surface area contributed by atoms with Gasteiger partial charge in [0.25, 0.3) is 0 Å². The minimum absolute atomic E-state index is 0.384. The van der Waals surface area contributed by atoms with Gasteiger partial charge in [-0.25, -0.2) is 0 Å². The molecule has 0 fully saturated rings.